The quantitative estimate of drug-likeness (QED) is 0.231. The second kappa shape index (κ2) is 15.3. The van der Waals surface area contributed by atoms with Crippen molar-refractivity contribution in [1.29, 1.82) is 0 Å². The van der Waals surface area contributed by atoms with E-state index in [1.807, 2.05) is 0 Å². The second-order valence-electron chi connectivity index (χ2n) is 11.4. The predicted octanol–water partition coefficient (Wildman–Crippen LogP) is 9.68. The number of hydrogen-bond acceptors (Lipinski definition) is 0. The van der Waals surface area contributed by atoms with E-state index in [-0.39, 0.29) is 50.8 Å². The van der Waals surface area contributed by atoms with Crippen LogP contribution in [0.2, 0.25) is 0 Å². The van der Waals surface area contributed by atoms with E-state index in [1.165, 1.54) is 59.2 Å². The molecule has 0 heterocycles. The van der Waals surface area contributed by atoms with Gasteiger partial charge < -0.3 is 13.8 Å². The Morgan fingerprint density at radius 2 is 0.355 bits per heavy atom. The zero-order valence-electron chi connectivity index (χ0n) is 23.9. The fourth-order valence-electron chi connectivity index (χ4n) is 2.81. The van der Waals surface area contributed by atoms with Crippen LogP contribution in [-0.2, 0) is 0 Å². The van der Waals surface area contributed by atoms with Gasteiger partial charge in [0.1, 0.15) is 0 Å². The summed E-state index contributed by atoms with van der Waals surface area (Å²) in [5, 5.41) is 0. The molecule has 0 unspecified atom stereocenters. The van der Waals surface area contributed by atoms with Crippen molar-refractivity contribution in [2.45, 2.75) is 111 Å². The zero-order chi connectivity index (χ0) is 24.8. The van der Waals surface area contributed by atoms with E-state index in [1.54, 1.807) is 0 Å². The molecule has 2 aliphatic rings. The van der Waals surface area contributed by atoms with E-state index in [2.05, 4.69) is 125 Å². The molecule has 2 fully saturated rings. The van der Waals surface area contributed by atoms with E-state index in [9.17, 15) is 0 Å². The van der Waals surface area contributed by atoms with E-state index >= 15 is 0 Å². The third-order valence-electron chi connectivity index (χ3n) is 5.62. The van der Waals surface area contributed by atoms with Gasteiger partial charge in [0.2, 0.25) is 0 Å². The summed E-state index contributed by atoms with van der Waals surface area (Å²) >= 11 is 0. The SMILES string of the molecule is C[C]1[C](C)[C](C)[C](C)[C]1C.C[C]1[C](C)[C](C)[C](C)[C]1C.[CH2-]C(C)(C)C.[CH2-]C(C)(C)C.[Th+2]. The van der Waals surface area contributed by atoms with Crippen molar-refractivity contribution in [3.8, 4) is 0 Å². The predicted molar refractivity (Wildman–Crippen MR) is 139 cm³/mol. The minimum atomic E-state index is 0. The first-order valence-corrected chi connectivity index (χ1v) is 11.2. The summed E-state index contributed by atoms with van der Waals surface area (Å²) in [5.74, 6) is 14.7. The molecule has 0 aromatic rings. The Hall–Kier alpha value is 1.32. The Morgan fingerprint density at radius 1 is 0.323 bits per heavy atom. The van der Waals surface area contributed by atoms with E-state index < -0.39 is 0 Å². The van der Waals surface area contributed by atoms with Crippen molar-refractivity contribution in [3.05, 3.63) is 73.0 Å². The van der Waals surface area contributed by atoms with Crippen molar-refractivity contribution in [2.24, 2.45) is 10.8 Å². The van der Waals surface area contributed by atoms with Crippen molar-refractivity contribution in [3.63, 3.8) is 0 Å². The van der Waals surface area contributed by atoms with Gasteiger partial charge in [-0.1, -0.05) is 111 Å². The summed E-state index contributed by atoms with van der Waals surface area (Å²) in [6.07, 6.45) is 0. The van der Waals surface area contributed by atoms with E-state index in [0.29, 0.717) is 0 Å². The second-order valence-corrected chi connectivity index (χ2v) is 11.4. The molecular weight excluding hydrogens is 592 g/mol. The van der Waals surface area contributed by atoms with Crippen LogP contribution in [0.25, 0.3) is 0 Å². The summed E-state index contributed by atoms with van der Waals surface area (Å²) in [4.78, 5) is 0. The molecule has 0 saturated heterocycles. The van der Waals surface area contributed by atoms with Crippen molar-refractivity contribution >= 4 is 0 Å². The first-order chi connectivity index (χ1) is 13.1. The Kier molecular flexibility index (Phi) is 18.3. The van der Waals surface area contributed by atoms with Crippen molar-refractivity contribution < 1.29 is 39.9 Å². The van der Waals surface area contributed by atoms with Crippen LogP contribution in [0.5, 0.6) is 0 Å². The summed E-state index contributed by atoms with van der Waals surface area (Å²) in [7, 11) is 0. The van der Waals surface area contributed by atoms with Crippen LogP contribution >= 0.6 is 0 Å². The van der Waals surface area contributed by atoms with Gasteiger partial charge in [0, 0.05) is 0 Å². The zero-order valence-corrected chi connectivity index (χ0v) is 28.0. The van der Waals surface area contributed by atoms with Crippen molar-refractivity contribution in [2.75, 3.05) is 0 Å². The largest absolute Gasteiger partial charge is 2.00 e. The van der Waals surface area contributed by atoms with Crippen molar-refractivity contribution in [1.82, 2.24) is 0 Å². The van der Waals surface area contributed by atoms with Gasteiger partial charge in [0.25, 0.3) is 0 Å². The van der Waals surface area contributed by atoms with Crippen LogP contribution in [0.4, 0.5) is 0 Å². The molecule has 0 nitrogen and oxygen atoms in total. The molecule has 2 saturated carbocycles. The molecule has 0 spiro atoms. The molecule has 0 bridgehead atoms. The number of rotatable bonds is 0. The summed E-state index contributed by atoms with van der Waals surface area (Å²) in [5.41, 5.74) is 0.500. The van der Waals surface area contributed by atoms with Gasteiger partial charge in [-0.05, 0) is 59.2 Å². The molecule has 31 heavy (non-hydrogen) atoms. The maximum Gasteiger partial charge on any atom is 2.00 e. The summed E-state index contributed by atoms with van der Waals surface area (Å²) in [6, 6.07) is 0. The van der Waals surface area contributed by atoms with Crippen LogP contribution in [0.15, 0.2) is 0 Å². The van der Waals surface area contributed by atoms with Gasteiger partial charge in [0.05, 0.1) is 0 Å². The standard InChI is InChI=1S/2C10H15.2C5H11.Th/c2*1-6-7(2)9(4)10(5)8(6)3;2*1-5(2,3)4;/h2*1-5H3;2*1H2,2-4H3;/q;;2*-1;+2. The Bertz CT molecular complexity index is 297. The first-order valence-electron chi connectivity index (χ1n) is 11.2. The third kappa shape index (κ3) is 15.8. The maximum atomic E-state index is 3.77. The molecule has 0 atom stereocenters. The first kappa shape index (κ1) is 36.9. The van der Waals surface area contributed by atoms with Gasteiger partial charge in [-0.15, -0.1) is 0 Å². The van der Waals surface area contributed by atoms with Crippen LogP contribution in [0.1, 0.15) is 111 Å². The maximum absolute atomic E-state index is 3.77. The summed E-state index contributed by atoms with van der Waals surface area (Å²) in [6.45, 7) is 42.0. The topological polar surface area (TPSA) is 0 Å². The molecule has 0 aromatic carbocycles. The number of hydrogen-bond donors (Lipinski definition) is 0. The minimum absolute atomic E-state index is 0. The average molecular weight is 645 g/mol. The van der Waals surface area contributed by atoms with Gasteiger partial charge in [-0.2, -0.15) is 10.8 Å². The van der Waals surface area contributed by atoms with Gasteiger partial charge in [-0.25, -0.2) is 0 Å². The van der Waals surface area contributed by atoms with Crippen LogP contribution < -0.4 is 0 Å². The monoisotopic (exact) mass is 644 g/mol. The Labute approximate surface area is 233 Å². The molecule has 10 radical (unpaired) electrons. The Balaban J connectivity index is -0.000000353. The molecule has 2 aliphatic carbocycles. The van der Waals surface area contributed by atoms with Gasteiger partial charge in [-0.3, -0.25) is 0 Å². The molecular formula is C30H52Th. The molecule has 1 heteroatoms. The Morgan fingerprint density at radius 3 is 0.387 bits per heavy atom. The van der Waals surface area contributed by atoms with Gasteiger partial charge in [0.15, 0.2) is 0 Å². The summed E-state index contributed by atoms with van der Waals surface area (Å²) < 4.78 is 0. The normalized spacial score (nSPS) is 22.3. The molecule has 0 N–H and O–H groups in total. The molecule has 176 valence electrons. The van der Waals surface area contributed by atoms with E-state index in [4.69, 9.17) is 0 Å². The molecule has 0 amide bonds. The van der Waals surface area contributed by atoms with Crippen LogP contribution in [0, 0.1) is 124 Å². The van der Waals surface area contributed by atoms with E-state index in [0.717, 1.165) is 0 Å². The van der Waals surface area contributed by atoms with Crippen LogP contribution in [-0.4, -0.2) is 0 Å². The molecule has 2 rings (SSSR count). The third-order valence-corrected chi connectivity index (χ3v) is 5.62. The molecule has 0 aliphatic heterocycles. The average Bonchev–Trinajstić information content (AvgIpc) is 2.83. The molecule has 0 aromatic heterocycles. The van der Waals surface area contributed by atoms with Gasteiger partial charge >= 0.3 is 39.9 Å². The fourth-order valence-corrected chi connectivity index (χ4v) is 2.81. The van der Waals surface area contributed by atoms with Crippen LogP contribution in [0.3, 0.4) is 0 Å². The smallest absolute Gasteiger partial charge is 0.338 e. The fraction of sp³-hybridized carbons (Fsp3) is 0.600. The minimum Gasteiger partial charge on any atom is -0.338 e.